The van der Waals surface area contributed by atoms with E-state index < -0.39 is 0 Å². The van der Waals surface area contributed by atoms with Gasteiger partial charge in [0.05, 0.1) is 20.8 Å². The number of hydrogen-bond donors (Lipinski definition) is 1. The van der Waals surface area contributed by atoms with Gasteiger partial charge in [-0.15, -0.1) is 0 Å². The fraction of sp³-hybridized carbons (Fsp3) is 0.333. The minimum atomic E-state index is -0.337. The molecule has 2 aromatic carbocycles. The molecule has 0 spiro atoms. The Balaban J connectivity index is 0.000000189. The van der Waals surface area contributed by atoms with Crippen molar-refractivity contribution in [3.63, 3.8) is 0 Å². The first-order valence-corrected chi connectivity index (χ1v) is 11.7. The van der Waals surface area contributed by atoms with Crippen molar-refractivity contribution in [2.24, 2.45) is 0 Å². The lowest BCUT2D eigenvalue weighted by Crippen LogP contribution is -2.24. The van der Waals surface area contributed by atoms with Gasteiger partial charge in [0.1, 0.15) is 11.4 Å². The van der Waals surface area contributed by atoms with E-state index >= 15 is 0 Å². The Bertz CT molecular complexity index is 1250. The molecule has 0 bridgehead atoms. The van der Waals surface area contributed by atoms with Gasteiger partial charge in [0, 0.05) is 35.0 Å². The van der Waals surface area contributed by atoms with Crippen LogP contribution in [0.3, 0.4) is 0 Å². The minimum absolute atomic E-state index is 0.114. The molecule has 8 heteroatoms. The smallest absolute Gasteiger partial charge is 0.354 e. The van der Waals surface area contributed by atoms with E-state index in [0.717, 1.165) is 47.7 Å². The number of H-pyrrole nitrogens is 1. The van der Waals surface area contributed by atoms with Crippen LogP contribution in [0.1, 0.15) is 40.2 Å². The highest BCUT2D eigenvalue weighted by molar-refractivity contribution is 5.96. The Morgan fingerprint density at radius 1 is 0.971 bits per heavy atom. The summed E-state index contributed by atoms with van der Waals surface area (Å²) in [4.78, 5) is 26.1. The molecule has 35 heavy (non-hydrogen) atoms. The normalized spacial score (nSPS) is 15.4. The zero-order chi connectivity index (χ0) is 24.6. The monoisotopic (exact) mass is 478 g/mol. The summed E-state index contributed by atoms with van der Waals surface area (Å²) < 4.78 is 22.8. The Hall–Kier alpha value is -3.62. The highest BCUT2D eigenvalue weighted by Gasteiger charge is 2.17. The summed E-state index contributed by atoms with van der Waals surface area (Å²) in [5, 5.41) is 2.04. The summed E-state index contributed by atoms with van der Waals surface area (Å²) in [7, 11) is 2.77. The minimum Gasteiger partial charge on any atom is -0.464 e. The molecule has 184 valence electrons. The van der Waals surface area contributed by atoms with Crippen LogP contribution in [0.15, 0.2) is 60.7 Å². The molecule has 0 saturated carbocycles. The van der Waals surface area contributed by atoms with Crippen molar-refractivity contribution >= 4 is 33.7 Å². The molecule has 1 fully saturated rings. The van der Waals surface area contributed by atoms with Gasteiger partial charge in [-0.25, -0.2) is 9.59 Å². The van der Waals surface area contributed by atoms with Crippen LogP contribution in [0, 0.1) is 0 Å². The van der Waals surface area contributed by atoms with Gasteiger partial charge in [0.2, 0.25) is 0 Å². The van der Waals surface area contributed by atoms with Gasteiger partial charge in [-0.05, 0) is 43.5 Å². The van der Waals surface area contributed by atoms with E-state index in [0.29, 0.717) is 24.5 Å². The summed E-state index contributed by atoms with van der Waals surface area (Å²) in [6, 6.07) is 19.3. The second-order valence-electron chi connectivity index (χ2n) is 8.16. The molecule has 8 nitrogen and oxygen atoms in total. The van der Waals surface area contributed by atoms with E-state index in [1.54, 1.807) is 6.07 Å². The lowest BCUT2D eigenvalue weighted by Gasteiger charge is -2.23. The van der Waals surface area contributed by atoms with Crippen molar-refractivity contribution in [1.82, 2.24) is 9.55 Å². The molecule has 0 aliphatic carbocycles. The zero-order valence-electron chi connectivity index (χ0n) is 20.0. The predicted molar refractivity (Wildman–Crippen MR) is 132 cm³/mol. The molecule has 0 amide bonds. The molecule has 1 N–H and O–H groups in total. The van der Waals surface area contributed by atoms with Crippen molar-refractivity contribution in [3.8, 4) is 0 Å². The number of nitrogens with one attached hydrogen (secondary N) is 1. The number of para-hydroxylation sites is 2. The number of rotatable bonds is 6. The van der Waals surface area contributed by atoms with Gasteiger partial charge < -0.3 is 28.5 Å². The van der Waals surface area contributed by atoms with Crippen molar-refractivity contribution in [2.75, 3.05) is 27.4 Å². The van der Waals surface area contributed by atoms with Gasteiger partial charge in [-0.2, -0.15) is 0 Å². The van der Waals surface area contributed by atoms with Crippen LogP contribution in [0.25, 0.3) is 21.8 Å². The third-order valence-electron chi connectivity index (χ3n) is 5.90. The maximum Gasteiger partial charge on any atom is 0.354 e. The maximum atomic E-state index is 12.0. The van der Waals surface area contributed by atoms with Gasteiger partial charge >= 0.3 is 11.9 Å². The maximum absolute atomic E-state index is 12.0. The van der Waals surface area contributed by atoms with E-state index in [2.05, 4.69) is 9.72 Å². The summed E-state index contributed by atoms with van der Waals surface area (Å²) in [5.74, 6) is -0.665. The molecule has 0 radical (unpaired) electrons. The molecule has 1 unspecified atom stereocenters. The molecule has 1 saturated heterocycles. The number of esters is 2. The lowest BCUT2D eigenvalue weighted by atomic mass is 10.2. The number of benzene rings is 2. The first-order chi connectivity index (χ1) is 17.1. The number of hydrogen-bond acceptors (Lipinski definition) is 6. The molecular formula is C27H30N2O6. The van der Waals surface area contributed by atoms with Crippen LogP contribution in [-0.2, 0) is 25.5 Å². The Labute approximate surface area is 203 Å². The summed E-state index contributed by atoms with van der Waals surface area (Å²) in [5.41, 5.74) is 3.00. The largest absolute Gasteiger partial charge is 0.464 e. The van der Waals surface area contributed by atoms with Crippen LogP contribution in [-0.4, -0.2) is 55.2 Å². The van der Waals surface area contributed by atoms with Gasteiger partial charge in [-0.3, -0.25) is 0 Å². The topological polar surface area (TPSA) is 91.8 Å². The van der Waals surface area contributed by atoms with Crippen LogP contribution < -0.4 is 0 Å². The molecule has 5 rings (SSSR count). The second-order valence-corrected chi connectivity index (χ2v) is 8.16. The third kappa shape index (κ3) is 5.90. The molecule has 2 aromatic heterocycles. The third-order valence-corrected chi connectivity index (χ3v) is 5.90. The number of methoxy groups -OCH3 is 2. The van der Waals surface area contributed by atoms with Crippen LogP contribution in [0.4, 0.5) is 0 Å². The first-order valence-electron chi connectivity index (χ1n) is 11.7. The number of ether oxygens (including phenoxy) is 4. The number of aromatic amines is 1. The fourth-order valence-corrected chi connectivity index (χ4v) is 4.14. The van der Waals surface area contributed by atoms with E-state index in [-0.39, 0.29) is 18.2 Å². The number of aromatic nitrogens is 2. The average Bonchev–Trinajstić information content (AvgIpc) is 3.51. The zero-order valence-corrected chi connectivity index (χ0v) is 20.0. The van der Waals surface area contributed by atoms with Crippen LogP contribution in [0.2, 0.25) is 0 Å². The van der Waals surface area contributed by atoms with Gasteiger partial charge in [0.15, 0.2) is 6.29 Å². The molecule has 1 aliphatic heterocycles. The Kier molecular flexibility index (Phi) is 8.18. The van der Waals surface area contributed by atoms with E-state index in [1.165, 1.54) is 14.2 Å². The lowest BCUT2D eigenvalue weighted by molar-refractivity contribution is -0.163. The van der Waals surface area contributed by atoms with Crippen molar-refractivity contribution in [1.29, 1.82) is 0 Å². The van der Waals surface area contributed by atoms with Crippen molar-refractivity contribution in [2.45, 2.75) is 32.1 Å². The van der Waals surface area contributed by atoms with Crippen molar-refractivity contribution in [3.05, 3.63) is 72.1 Å². The molecule has 3 heterocycles. The van der Waals surface area contributed by atoms with E-state index in [9.17, 15) is 9.59 Å². The number of carbonyl (C=O) groups is 2. The van der Waals surface area contributed by atoms with Crippen LogP contribution in [0.5, 0.6) is 0 Å². The molecule has 1 atom stereocenters. The average molecular weight is 479 g/mol. The molecular weight excluding hydrogens is 448 g/mol. The number of fused-ring (bicyclic) bond motifs is 2. The quantitative estimate of drug-likeness (QED) is 0.395. The van der Waals surface area contributed by atoms with Gasteiger partial charge in [0.25, 0.3) is 0 Å². The Morgan fingerprint density at radius 3 is 2.43 bits per heavy atom. The molecule has 4 aromatic rings. The summed E-state index contributed by atoms with van der Waals surface area (Å²) in [6.45, 7) is 1.87. The number of nitrogens with zero attached hydrogens (tertiary/aromatic N) is 1. The number of carbonyl (C=O) groups excluding carboxylic acids is 2. The SMILES string of the molecule is COC(=O)c1cc2ccccc2[nH]1.COC(=O)c1cc2ccccc2n1CCOC1CCCCO1. The standard InChI is InChI=1S/C17H21NO4.C10H9NO2/c1-20-17(19)15-12-13-6-2-3-7-14(13)18(15)9-11-22-16-8-4-5-10-21-16;1-13-10(12)9-6-7-4-2-3-5-8(7)11-9/h2-3,6-7,12,16H,4-5,8-11H2,1H3;2-6,11H,1H3. The second kappa shape index (κ2) is 11.7. The summed E-state index contributed by atoms with van der Waals surface area (Å²) >= 11 is 0. The molecule has 1 aliphatic rings. The predicted octanol–water partition coefficient (Wildman–Crippen LogP) is 4.93. The van der Waals surface area contributed by atoms with E-state index in [1.807, 2.05) is 59.2 Å². The van der Waals surface area contributed by atoms with E-state index in [4.69, 9.17) is 14.2 Å². The Morgan fingerprint density at radius 2 is 1.71 bits per heavy atom. The highest BCUT2D eigenvalue weighted by Crippen LogP contribution is 2.21. The first kappa shape index (κ1) is 24.5. The highest BCUT2D eigenvalue weighted by atomic mass is 16.7. The summed E-state index contributed by atoms with van der Waals surface area (Å²) in [6.07, 6.45) is 3.08. The van der Waals surface area contributed by atoms with Crippen molar-refractivity contribution < 1.29 is 28.5 Å². The fourth-order valence-electron chi connectivity index (χ4n) is 4.14. The van der Waals surface area contributed by atoms with Gasteiger partial charge in [-0.1, -0.05) is 36.4 Å². The van der Waals surface area contributed by atoms with Crippen LogP contribution >= 0.6 is 0 Å².